The molecule has 1 aromatic heterocycles. The van der Waals surface area contributed by atoms with Crippen molar-refractivity contribution in [2.75, 3.05) is 6.61 Å². The quantitative estimate of drug-likeness (QED) is 0.746. The number of hydrogen-bond acceptors (Lipinski definition) is 5. The highest BCUT2D eigenvalue weighted by molar-refractivity contribution is 6.05. The number of imide groups is 1. The summed E-state index contributed by atoms with van der Waals surface area (Å²) in [4.78, 5) is 35.4. The van der Waals surface area contributed by atoms with Gasteiger partial charge in [0.15, 0.2) is 6.61 Å². The van der Waals surface area contributed by atoms with E-state index >= 15 is 0 Å². The van der Waals surface area contributed by atoms with Gasteiger partial charge < -0.3 is 9.15 Å². The Morgan fingerprint density at radius 3 is 2.42 bits per heavy atom. The zero-order valence-corrected chi connectivity index (χ0v) is 12.5. The number of furan rings is 1. The first-order valence-electron chi connectivity index (χ1n) is 7.18. The van der Waals surface area contributed by atoms with Gasteiger partial charge in [-0.1, -0.05) is 36.4 Å². The van der Waals surface area contributed by atoms with E-state index < -0.39 is 24.4 Å². The molecular formula is C18H13NO5. The van der Waals surface area contributed by atoms with E-state index in [1.165, 1.54) is 6.07 Å². The van der Waals surface area contributed by atoms with E-state index in [1.54, 1.807) is 48.5 Å². The Hall–Kier alpha value is -3.41. The van der Waals surface area contributed by atoms with Gasteiger partial charge in [-0.15, -0.1) is 0 Å². The van der Waals surface area contributed by atoms with Crippen molar-refractivity contribution in [1.29, 1.82) is 0 Å². The summed E-state index contributed by atoms with van der Waals surface area (Å²) >= 11 is 0. The van der Waals surface area contributed by atoms with Crippen LogP contribution in [-0.2, 0) is 9.53 Å². The molecule has 0 saturated heterocycles. The Bertz CT molecular complexity index is 865. The largest absolute Gasteiger partial charge is 0.450 e. The topological polar surface area (TPSA) is 85.6 Å². The minimum Gasteiger partial charge on any atom is -0.450 e. The standard InChI is InChI=1S/C18H13NO5/c20-16(19-17(21)12-6-2-1-3-7-12)11-23-18(22)15-10-13-8-4-5-9-14(13)24-15/h1-10H,11H2,(H,19,20,21). The molecule has 0 spiro atoms. The molecule has 120 valence electrons. The van der Waals surface area contributed by atoms with Crippen molar-refractivity contribution in [3.63, 3.8) is 0 Å². The fraction of sp³-hybridized carbons (Fsp3) is 0.0556. The number of carbonyl (C=O) groups is 3. The van der Waals surface area contributed by atoms with Crippen LogP contribution >= 0.6 is 0 Å². The summed E-state index contributed by atoms with van der Waals surface area (Å²) in [5.74, 6) is -2.04. The molecule has 0 aliphatic carbocycles. The predicted molar refractivity (Wildman–Crippen MR) is 85.4 cm³/mol. The molecule has 24 heavy (non-hydrogen) atoms. The smallest absolute Gasteiger partial charge is 0.374 e. The van der Waals surface area contributed by atoms with Gasteiger partial charge in [-0.05, 0) is 24.3 Å². The normalized spacial score (nSPS) is 10.3. The second kappa shape index (κ2) is 6.78. The van der Waals surface area contributed by atoms with Crippen LogP contribution in [0.3, 0.4) is 0 Å². The number of para-hydroxylation sites is 1. The molecule has 6 nitrogen and oxygen atoms in total. The van der Waals surface area contributed by atoms with Gasteiger partial charge in [-0.3, -0.25) is 14.9 Å². The average Bonchev–Trinajstić information content (AvgIpc) is 3.04. The lowest BCUT2D eigenvalue weighted by molar-refractivity contribution is -0.123. The Morgan fingerprint density at radius 1 is 0.958 bits per heavy atom. The van der Waals surface area contributed by atoms with E-state index in [4.69, 9.17) is 9.15 Å². The maximum atomic E-state index is 11.9. The first-order valence-corrected chi connectivity index (χ1v) is 7.18. The number of hydrogen-bond donors (Lipinski definition) is 1. The van der Waals surface area contributed by atoms with Crippen LogP contribution in [0.15, 0.2) is 65.1 Å². The molecule has 0 aliphatic rings. The van der Waals surface area contributed by atoms with Crippen molar-refractivity contribution in [3.8, 4) is 0 Å². The molecule has 0 radical (unpaired) electrons. The number of fused-ring (bicyclic) bond motifs is 1. The average molecular weight is 323 g/mol. The fourth-order valence-corrected chi connectivity index (χ4v) is 2.11. The summed E-state index contributed by atoms with van der Waals surface area (Å²) in [7, 11) is 0. The van der Waals surface area contributed by atoms with Crippen molar-refractivity contribution in [3.05, 3.63) is 72.0 Å². The molecular weight excluding hydrogens is 310 g/mol. The van der Waals surface area contributed by atoms with Gasteiger partial charge in [-0.2, -0.15) is 0 Å². The zero-order chi connectivity index (χ0) is 16.9. The summed E-state index contributed by atoms with van der Waals surface area (Å²) in [6.07, 6.45) is 0. The van der Waals surface area contributed by atoms with Crippen molar-refractivity contribution < 1.29 is 23.5 Å². The van der Waals surface area contributed by atoms with Gasteiger partial charge in [0.25, 0.3) is 11.8 Å². The lowest BCUT2D eigenvalue weighted by Gasteiger charge is -2.04. The second-order valence-electron chi connectivity index (χ2n) is 4.97. The van der Waals surface area contributed by atoms with E-state index in [9.17, 15) is 14.4 Å². The van der Waals surface area contributed by atoms with Crippen LogP contribution in [0.25, 0.3) is 11.0 Å². The number of benzene rings is 2. The Labute approximate surface area is 137 Å². The molecule has 0 unspecified atom stereocenters. The maximum Gasteiger partial charge on any atom is 0.374 e. The SMILES string of the molecule is O=C(COC(=O)c1cc2ccccc2o1)NC(=O)c1ccccc1. The summed E-state index contributed by atoms with van der Waals surface area (Å²) < 4.78 is 10.2. The lowest BCUT2D eigenvalue weighted by Crippen LogP contribution is -2.34. The molecule has 0 saturated carbocycles. The van der Waals surface area contributed by atoms with Crippen molar-refractivity contribution in [2.24, 2.45) is 0 Å². The van der Waals surface area contributed by atoms with E-state index in [0.29, 0.717) is 11.1 Å². The van der Waals surface area contributed by atoms with Gasteiger partial charge in [0.1, 0.15) is 5.58 Å². The fourth-order valence-electron chi connectivity index (χ4n) is 2.11. The highest BCUT2D eigenvalue weighted by Crippen LogP contribution is 2.19. The van der Waals surface area contributed by atoms with Gasteiger partial charge in [-0.25, -0.2) is 4.79 Å². The molecule has 1 heterocycles. The Morgan fingerprint density at radius 2 is 1.67 bits per heavy atom. The van der Waals surface area contributed by atoms with E-state index in [2.05, 4.69) is 5.32 Å². The van der Waals surface area contributed by atoms with Crippen LogP contribution in [-0.4, -0.2) is 24.4 Å². The number of nitrogens with one attached hydrogen (secondary N) is 1. The summed E-state index contributed by atoms with van der Waals surface area (Å²) in [6.45, 7) is -0.575. The van der Waals surface area contributed by atoms with Gasteiger partial charge in [0.2, 0.25) is 5.76 Å². The monoisotopic (exact) mass is 323 g/mol. The number of esters is 1. The van der Waals surface area contributed by atoms with Crippen LogP contribution in [0.4, 0.5) is 0 Å². The summed E-state index contributed by atoms with van der Waals surface area (Å²) in [5.41, 5.74) is 0.891. The van der Waals surface area contributed by atoms with Crippen molar-refractivity contribution in [2.45, 2.75) is 0 Å². The molecule has 0 bridgehead atoms. The third-order valence-electron chi connectivity index (χ3n) is 3.25. The number of ether oxygens (including phenoxy) is 1. The van der Waals surface area contributed by atoms with Crippen LogP contribution in [0.1, 0.15) is 20.9 Å². The van der Waals surface area contributed by atoms with Crippen LogP contribution in [0, 0.1) is 0 Å². The van der Waals surface area contributed by atoms with Crippen molar-refractivity contribution >= 4 is 28.8 Å². The molecule has 3 rings (SSSR count). The maximum absolute atomic E-state index is 11.9. The molecule has 0 aliphatic heterocycles. The Kier molecular flexibility index (Phi) is 4.38. The lowest BCUT2D eigenvalue weighted by atomic mass is 10.2. The first-order chi connectivity index (χ1) is 11.6. The van der Waals surface area contributed by atoms with Gasteiger partial charge in [0, 0.05) is 10.9 Å². The van der Waals surface area contributed by atoms with Gasteiger partial charge >= 0.3 is 5.97 Å². The number of rotatable bonds is 4. The molecule has 2 amide bonds. The highest BCUT2D eigenvalue weighted by atomic mass is 16.5. The predicted octanol–water partition coefficient (Wildman–Crippen LogP) is 2.55. The molecule has 0 fully saturated rings. The van der Waals surface area contributed by atoms with E-state index in [-0.39, 0.29) is 5.76 Å². The van der Waals surface area contributed by atoms with Crippen LogP contribution in [0.2, 0.25) is 0 Å². The van der Waals surface area contributed by atoms with Crippen LogP contribution < -0.4 is 5.32 Å². The van der Waals surface area contributed by atoms with Crippen molar-refractivity contribution in [1.82, 2.24) is 5.32 Å². The Balaban J connectivity index is 1.56. The number of carbonyl (C=O) groups excluding carboxylic acids is 3. The second-order valence-corrected chi connectivity index (χ2v) is 4.97. The molecule has 2 aromatic carbocycles. The van der Waals surface area contributed by atoms with Gasteiger partial charge in [0.05, 0.1) is 0 Å². The molecule has 0 atom stereocenters. The molecule has 6 heteroatoms. The van der Waals surface area contributed by atoms with E-state index in [1.807, 2.05) is 6.07 Å². The number of amides is 2. The van der Waals surface area contributed by atoms with Crippen LogP contribution in [0.5, 0.6) is 0 Å². The molecule has 1 N–H and O–H groups in total. The van der Waals surface area contributed by atoms with E-state index in [0.717, 1.165) is 5.39 Å². The first kappa shape index (κ1) is 15.5. The summed E-state index contributed by atoms with van der Waals surface area (Å²) in [5, 5.41) is 2.90. The zero-order valence-electron chi connectivity index (χ0n) is 12.5. The minimum absolute atomic E-state index is 0.00149. The minimum atomic E-state index is -0.770. The highest BCUT2D eigenvalue weighted by Gasteiger charge is 2.16. The molecule has 3 aromatic rings. The third-order valence-corrected chi connectivity index (χ3v) is 3.25. The third kappa shape index (κ3) is 3.49. The summed E-state index contributed by atoms with van der Waals surface area (Å²) in [6, 6.07) is 16.9.